The molecule has 0 bridgehead atoms. The molecule has 3 nitrogen and oxygen atoms in total. The van der Waals surface area contributed by atoms with Gasteiger partial charge in [-0.2, -0.15) is 0 Å². The fourth-order valence-electron chi connectivity index (χ4n) is 2.58. The van der Waals surface area contributed by atoms with Gasteiger partial charge in [0.15, 0.2) is 0 Å². The Bertz CT molecular complexity index is 597. The molecule has 2 aromatic carbocycles. The zero-order valence-electron chi connectivity index (χ0n) is 12.7. The van der Waals surface area contributed by atoms with Gasteiger partial charge in [-0.05, 0) is 48.5 Å². The van der Waals surface area contributed by atoms with Gasteiger partial charge in [0.1, 0.15) is 11.5 Å². The van der Waals surface area contributed by atoms with Crippen LogP contribution < -0.4 is 4.74 Å². The summed E-state index contributed by atoms with van der Waals surface area (Å²) in [7, 11) is 0. The molecule has 1 fully saturated rings. The summed E-state index contributed by atoms with van der Waals surface area (Å²) in [5.41, 5.74) is 1.20. The van der Waals surface area contributed by atoms with Crippen molar-refractivity contribution in [2.75, 3.05) is 26.2 Å². The first kappa shape index (κ1) is 15.3. The first-order valence-corrected chi connectivity index (χ1v) is 8.00. The normalized spacial score (nSPS) is 19.1. The number of ether oxygens (including phenoxy) is 2. The van der Waals surface area contributed by atoms with Crippen molar-refractivity contribution >= 4 is 11.6 Å². The van der Waals surface area contributed by atoms with E-state index in [9.17, 15) is 0 Å². The lowest BCUT2D eigenvalue weighted by Gasteiger charge is -2.32. The van der Waals surface area contributed by atoms with Crippen LogP contribution in [0.1, 0.15) is 18.6 Å². The molecule has 4 heteroatoms. The fraction of sp³-hybridized carbons (Fsp3) is 0.333. The summed E-state index contributed by atoms with van der Waals surface area (Å²) in [5, 5.41) is 0.706. The van der Waals surface area contributed by atoms with Crippen LogP contribution >= 0.6 is 11.6 Å². The van der Waals surface area contributed by atoms with Crippen LogP contribution in [-0.2, 0) is 4.74 Å². The van der Waals surface area contributed by atoms with E-state index >= 15 is 0 Å². The summed E-state index contributed by atoms with van der Waals surface area (Å²) >= 11 is 5.87. The molecule has 1 unspecified atom stereocenters. The Balaban J connectivity index is 1.66. The van der Waals surface area contributed by atoms with E-state index in [1.165, 1.54) is 5.56 Å². The van der Waals surface area contributed by atoms with Crippen LogP contribution in [-0.4, -0.2) is 31.1 Å². The predicted molar refractivity (Wildman–Crippen MR) is 88.8 cm³/mol. The summed E-state index contributed by atoms with van der Waals surface area (Å²) in [6.07, 6.45) is 0.151. The van der Waals surface area contributed by atoms with Gasteiger partial charge in [-0.3, -0.25) is 4.90 Å². The lowest BCUT2D eigenvalue weighted by Crippen LogP contribution is -2.37. The van der Waals surface area contributed by atoms with E-state index in [0.717, 1.165) is 37.7 Å². The van der Waals surface area contributed by atoms with Gasteiger partial charge < -0.3 is 9.47 Å². The lowest BCUT2D eigenvalue weighted by molar-refractivity contribution is -0.0281. The molecule has 1 saturated heterocycles. The topological polar surface area (TPSA) is 21.7 Å². The van der Waals surface area contributed by atoms with Crippen LogP contribution in [0, 0.1) is 0 Å². The molecule has 0 amide bonds. The number of nitrogens with zero attached hydrogens (tertiary/aromatic N) is 1. The molecule has 3 rings (SSSR count). The number of hydrogen-bond acceptors (Lipinski definition) is 3. The predicted octanol–water partition coefficient (Wildman–Crippen LogP) is 4.53. The van der Waals surface area contributed by atoms with E-state index < -0.39 is 0 Å². The Morgan fingerprint density at radius 3 is 2.36 bits per heavy atom. The maximum absolute atomic E-state index is 5.87. The third-order valence-electron chi connectivity index (χ3n) is 3.90. The minimum Gasteiger partial charge on any atom is -0.457 e. The third-order valence-corrected chi connectivity index (χ3v) is 4.15. The van der Waals surface area contributed by atoms with Crippen molar-refractivity contribution in [2.24, 2.45) is 0 Å². The minimum atomic E-state index is 0.151. The summed E-state index contributed by atoms with van der Waals surface area (Å²) in [6, 6.07) is 15.5. The Hall–Kier alpha value is -1.55. The van der Waals surface area contributed by atoms with Crippen molar-refractivity contribution in [2.45, 2.75) is 13.0 Å². The number of halogens is 1. The molecule has 1 aliphatic rings. The van der Waals surface area contributed by atoms with Crippen LogP contribution in [0.3, 0.4) is 0 Å². The molecule has 0 spiro atoms. The van der Waals surface area contributed by atoms with Crippen molar-refractivity contribution in [1.29, 1.82) is 0 Å². The van der Waals surface area contributed by atoms with Crippen LogP contribution in [0.4, 0.5) is 0 Å². The fourth-order valence-corrected chi connectivity index (χ4v) is 2.71. The maximum atomic E-state index is 5.87. The molecule has 1 atom stereocenters. The van der Waals surface area contributed by atoms with Gasteiger partial charge in [-0.1, -0.05) is 30.7 Å². The van der Waals surface area contributed by atoms with Crippen LogP contribution in [0.2, 0.25) is 5.02 Å². The van der Waals surface area contributed by atoms with Gasteiger partial charge >= 0.3 is 0 Å². The van der Waals surface area contributed by atoms with Gasteiger partial charge in [0, 0.05) is 18.1 Å². The number of morpholine rings is 1. The second-order valence-corrected chi connectivity index (χ2v) is 5.81. The first-order chi connectivity index (χ1) is 10.7. The highest BCUT2D eigenvalue weighted by atomic mass is 35.5. The highest BCUT2D eigenvalue weighted by Gasteiger charge is 2.20. The standard InChI is InChI=1S/C18H20ClNO2/c1-2-20-11-12-21-18(13-20)14-3-7-16(8-4-14)22-17-9-5-15(19)6-10-17/h3-10,18H,2,11-13H2,1H3. The van der Waals surface area contributed by atoms with Gasteiger partial charge in [0.2, 0.25) is 0 Å². The average molecular weight is 318 g/mol. The van der Waals surface area contributed by atoms with Gasteiger partial charge in [-0.15, -0.1) is 0 Å². The molecule has 2 aromatic rings. The summed E-state index contributed by atoms with van der Waals surface area (Å²) in [5.74, 6) is 1.59. The van der Waals surface area contributed by atoms with Gasteiger partial charge in [-0.25, -0.2) is 0 Å². The van der Waals surface area contributed by atoms with Crippen molar-refractivity contribution in [3.05, 3.63) is 59.1 Å². The Morgan fingerprint density at radius 1 is 1.09 bits per heavy atom. The quantitative estimate of drug-likeness (QED) is 0.827. The summed E-state index contributed by atoms with van der Waals surface area (Å²) in [4.78, 5) is 2.41. The highest BCUT2D eigenvalue weighted by molar-refractivity contribution is 6.30. The Kier molecular flexibility index (Phi) is 4.98. The third kappa shape index (κ3) is 3.80. The molecule has 1 heterocycles. The zero-order chi connectivity index (χ0) is 15.4. The molecule has 0 N–H and O–H groups in total. The molecular formula is C18H20ClNO2. The van der Waals surface area contributed by atoms with Crippen LogP contribution in [0.5, 0.6) is 11.5 Å². The summed E-state index contributed by atoms with van der Waals surface area (Å²) in [6.45, 7) is 6.02. The summed E-state index contributed by atoms with van der Waals surface area (Å²) < 4.78 is 11.7. The van der Waals surface area contributed by atoms with Crippen LogP contribution in [0.15, 0.2) is 48.5 Å². The smallest absolute Gasteiger partial charge is 0.127 e. The molecule has 0 aliphatic carbocycles. The lowest BCUT2D eigenvalue weighted by atomic mass is 10.1. The Morgan fingerprint density at radius 2 is 1.73 bits per heavy atom. The molecule has 0 radical (unpaired) electrons. The van der Waals surface area contributed by atoms with Crippen molar-refractivity contribution in [1.82, 2.24) is 4.90 Å². The maximum Gasteiger partial charge on any atom is 0.127 e. The number of likely N-dealkylation sites (N-methyl/N-ethyl adjacent to an activating group) is 1. The second-order valence-electron chi connectivity index (χ2n) is 5.38. The van der Waals surface area contributed by atoms with E-state index in [2.05, 4.69) is 24.0 Å². The molecule has 22 heavy (non-hydrogen) atoms. The SMILES string of the molecule is CCN1CCOC(c2ccc(Oc3ccc(Cl)cc3)cc2)C1. The monoisotopic (exact) mass is 317 g/mol. The van der Waals surface area contributed by atoms with E-state index in [0.29, 0.717) is 5.02 Å². The number of hydrogen-bond donors (Lipinski definition) is 0. The zero-order valence-corrected chi connectivity index (χ0v) is 13.4. The van der Waals surface area contributed by atoms with Crippen molar-refractivity contribution in [3.8, 4) is 11.5 Å². The van der Waals surface area contributed by atoms with E-state index in [-0.39, 0.29) is 6.10 Å². The molecular weight excluding hydrogens is 298 g/mol. The minimum absolute atomic E-state index is 0.151. The Labute approximate surface area is 136 Å². The van der Waals surface area contributed by atoms with E-state index in [1.807, 2.05) is 36.4 Å². The molecule has 0 saturated carbocycles. The number of benzene rings is 2. The second kappa shape index (κ2) is 7.14. The van der Waals surface area contributed by atoms with Crippen molar-refractivity contribution < 1.29 is 9.47 Å². The highest BCUT2D eigenvalue weighted by Crippen LogP contribution is 2.27. The van der Waals surface area contributed by atoms with E-state index in [1.54, 1.807) is 0 Å². The number of rotatable bonds is 4. The van der Waals surface area contributed by atoms with Crippen molar-refractivity contribution in [3.63, 3.8) is 0 Å². The van der Waals surface area contributed by atoms with Crippen LogP contribution in [0.25, 0.3) is 0 Å². The van der Waals surface area contributed by atoms with Gasteiger partial charge in [0.05, 0.1) is 12.7 Å². The average Bonchev–Trinajstić information content (AvgIpc) is 2.58. The largest absolute Gasteiger partial charge is 0.457 e. The van der Waals surface area contributed by atoms with E-state index in [4.69, 9.17) is 21.1 Å². The van der Waals surface area contributed by atoms with Gasteiger partial charge in [0.25, 0.3) is 0 Å². The molecule has 0 aromatic heterocycles. The molecule has 116 valence electrons. The first-order valence-electron chi connectivity index (χ1n) is 7.62. The molecule has 1 aliphatic heterocycles.